The molecule has 0 saturated heterocycles. The summed E-state index contributed by atoms with van der Waals surface area (Å²) in [6, 6.07) is 6.95. The minimum Gasteiger partial charge on any atom is -0.490 e. The highest BCUT2D eigenvalue weighted by Crippen LogP contribution is 2.27. The van der Waals surface area contributed by atoms with E-state index in [4.69, 9.17) is 9.47 Å². The molecule has 2 rings (SSSR count). The van der Waals surface area contributed by atoms with E-state index in [-0.39, 0.29) is 5.56 Å². The van der Waals surface area contributed by atoms with E-state index in [2.05, 4.69) is 20.5 Å². The van der Waals surface area contributed by atoms with Crippen molar-refractivity contribution >= 4 is 12.2 Å². The van der Waals surface area contributed by atoms with E-state index in [1.54, 1.807) is 13.1 Å². The Morgan fingerprint density at radius 2 is 1.96 bits per heavy atom. The fourth-order valence-electron chi connectivity index (χ4n) is 1.95. The number of rotatable bonds is 7. The predicted octanol–water partition coefficient (Wildman–Crippen LogP) is 2.32. The lowest BCUT2D eigenvalue weighted by Crippen LogP contribution is -2.10. The van der Waals surface area contributed by atoms with Gasteiger partial charge in [0.25, 0.3) is 5.56 Å². The lowest BCUT2D eigenvalue weighted by Gasteiger charge is -2.11. The summed E-state index contributed by atoms with van der Waals surface area (Å²) in [7, 11) is 0. The molecule has 0 saturated carbocycles. The van der Waals surface area contributed by atoms with Crippen molar-refractivity contribution in [2.45, 2.75) is 20.8 Å². The van der Waals surface area contributed by atoms with Crippen LogP contribution >= 0.6 is 0 Å². The molecule has 2 aromatic rings. The molecule has 0 aliphatic carbocycles. The fraction of sp³-hybridized carbons (Fsp3) is 0.312. The fourth-order valence-corrected chi connectivity index (χ4v) is 1.95. The van der Waals surface area contributed by atoms with Crippen LogP contribution in [0.2, 0.25) is 0 Å². The summed E-state index contributed by atoms with van der Waals surface area (Å²) >= 11 is 0. The number of H-pyrrole nitrogens is 1. The molecule has 7 heteroatoms. The molecule has 0 aliphatic rings. The maximum atomic E-state index is 11.3. The third-order valence-electron chi connectivity index (χ3n) is 2.82. The first kappa shape index (κ1) is 16.5. The van der Waals surface area contributed by atoms with Crippen molar-refractivity contribution in [3.05, 3.63) is 45.9 Å². The van der Waals surface area contributed by atoms with Crippen LogP contribution in [0.3, 0.4) is 0 Å². The molecule has 0 unspecified atom stereocenters. The number of hydrogen-bond donors (Lipinski definition) is 2. The molecule has 0 fully saturated rings. The molecule has 1 heterocycles. The molecule has 1 aromatic carbocycles. The van der Waals surface area contributed by atoms with Crippen LogP contribution in [0, 0.1) is 6.92 Å². The molecular weight excluding hydrogens is 296 g/mol. The standard InChI is InChI=1S/C16H20N4O3/c1-4-22-13-7-6-12(9-14(13)23-5-2)10-17-20-16-18-11(3)8-15(21)19-16/h6-10H,4-5H2,1-3H3,(H2,18,19,20,21)/b17-10-. The zero-order valence-corrected chi connectivity index (χ0v) is 13.4. The van der Waals surface area contributed by atoms with Crippen LogP contribution in [0.1, 0.15) is 25.1 Å². The van der Waals surface area contributed by atoms with Gasteiger partial charge in [-0.15, -0.1) is 0 Å². The number of nitrogens with zero attached hydrogens (tertiary/aromatic N) is 2. The van der Waals surface area contributed by atoms with Crippen LogP contribution in [-0.4, -0.2) is 29.4 Å². The van der Waals surface area contributed by atoms with Crippen LogP contribution in [0.25, 0.3) is 0 Å². The highest BCUT2D eigenvalue weighted by atomic mass is 16.5. The van der Waals surface area contributed by atoms with Gasteiger partial charge in [0, 0.05) is 11.8 Å². The van der Waals surface area contributed by atoms with Crippen LogP contribution < -0.4 is 20.5 Å². The van der Waals surface area contributed by atoms with Gasteiger partial charge in [-0.05, 0) is 44.5 Å². The van der Waals surface area contributed by atoms with Crippen LogP contribution in [-0.2, 0) is 0 Å². The molecule has 7 nitrogen and oxygen atoms in total. The normalized spacial score (nSPS) is 10.7. The molecule has 23 heavy (non-hydrogen) atoms. The van der Waals surface area contributed by atoms with Gasteiger partial charge in [-0.3, -0.25) is 9.78 Å². The van der Waals surface area contributed by atoms with Gasteiger partial charge in [0.2, 0.25) is 5.95 Å². The first-order valence-electron chi connectivity index (χ1n) is 7.39. The van der Waals surface area contributed by atoms with Crippen molar-refractivity contribution < 1.29 is 9.47 Å². The Hall–Kier alpha value is -2.83. The number of hydrazone groups is 1. The average molecular weight is 316 g/mol. The molecule has 0 spiro atoms. The summed E-state index contributed by atoms with van der Waals surface area (Å²) < 4.78 is 11.1. The summed E-state index contributed by atoms with van der Waals surface area (Å²) in [5.41, 5.74) is 3.92. The summed E-state index contributed by atoms with van der Waals surface area (Å²) in [4.78, 5) is 18.0. The molecule has 0 bridgehead atoms. The first-order valence-corrected chi connectivity index (χ1v) is 7.39. The quantitative estimate of drug-likeness (QED) is 0.604. The van der Waals surface area contributed by atoms with Gasteiger partial charge in [-0.25, -0.2) is 10.4 Å². The second kappa shape index (κ2) is 7.98. The van der Waals surface area contributed by atoms with E-state index < -0.39 is 0 Å². The summed E-state index contributed by atoms with van der Waals surface area (Å²) in [6.45, 7) is 6.70. The Morgan fingerprint density at radius 3 is 2.65 bits per heavy atom. The molecule has 2 N–H and O–H groups in total. The van der Waals surface area contributed by atoms with E-state index in [9.17, 15) is 4.79 Å². The third kappa shape index (κ3) is 4.84. The number of benzene rings is 1. The van der Waals surface area contributed by atoms with Gasteiger partial charge in [-0.2, -0.15) is 5.10 Å². The van der Waals surface area contributed by atoms with Gasteiger partial charge in [0.15, 0.2) is 11.5 Å². The maximum Gasteiger partial charge on any atom is 0.252 e. The second-order valence-corrected chi connectivity index (χ2v) is 4.68. The number of aromatic amines is 1. The summed E-state index contributed by atoms with van der Waals surface area (Å²) in [5, 5.41) is 4.07. The van der Waals surface area contributed by atoms with Crippen molar-refractivity contribution in [3.63, 3.8) is 0 Å². The van der Waals surface area contributed by atoms with E-state index >= 15 is 0 Å². The maximum absolute atomic E-state index is 11.3. The first-order chi connectivity index (χ1) is 11.1. The topological polar surface area (TPSA) is 88.6 Å². The Kier molecular flexibility index (Phi) is 5.74. The van der Waals surface area contributed by atoms with Gasteiger partial charge >= 0.3 is 0 Å². The molecule has 0 aliphatic heterocycles. The molecular formula is C16H20N4O3. The monoisotopic (exact) mass is 316 g/mol. The van der Waals surface area contributed by atoms with Gasteiger partial charge in [-0.1, -0.05) is 0 Å². The Balaban J connectivity index is 2.12. The molecule has 122 valence electrons. The predicted molar refractivity (Wildman–Crippen MR) is 89.6 cm³/mol. The van der Waals surface area contributed by atoms with Crippen molar-refractivity contribution in [2.24, 2.45) is 5.10 Å². The van der Waals surface area contributed by atoms with Crippen molar-refractivity contribution in [3.8, 4) is 11.5 Å². The number of aryl methyl sites for hydroxylation is 1. The van der Waals surface area contributed by atoms with Crippen molar-refractivity contribution in [1.29, 1.82) is 0 Å². The van der Waals surface area contributed by atoms with E-state index in [1.165, 1.54) is 6.07 Å². The van der Waals surface area contributed by atoms with Crippen molar-refractivity contribution in [1.82, 2.24) is 9.97 Å². The summed E-state index contributed by atoms with van der Waals surface area (Å²) in [6.07, 6.45) is 1.61. The zero-order valence-electron chi connectivity index (χ0n) is 13.4. The van der Waals surface area contributed by atoms with E-state index in [0.717, 1.165) is 5.56 Å². The molecule has 0 radical (unpaired) electrons. The SMILES string of the molecule is CCOc1ccc(/C=N\Nc2nc(C)cc(=O)[nH]2)cc1OCC. The van der Waals surface area contributed by atoms with Gasteiger partial charge < -0.3 is 9.47 Å². The minimum absolute atomic E-state index is 0.227. The van der Waals surface area contributed by atoms with Crippen LogP contribution in [0.15, 0.2) is 34.2 Å². The van der Waals surface area contributed by atoms with Gasteiger partial charge in [0.1, 0.15) is 0 Å². The third-order valence-corrected chi connectivity index (χ3v) is 2.82. The lowest BCUT2D eigenvalue weighted by atomic mass is 10.2. The Morgan fingerprint density at radius 1 is 1.22 bits per heavy atom. The molecule has 0 atom stereocenters. The highest BCUT2D eigenvalue weighted by Gasteiger charge is 2.05. The largest absolute Gasteiger partial charge is 0.490 e. The van der Waals surface area contributed by atoms with Gasteiger partial charge in [0.05, 0.1) is 19.4 Å². The minimum atomic E-state index is -0.227. The molecule has 0 amide bonds. The number of anilines is 1. The Bertz CT molecular complexity index is 740. The zero-order chi connectivity index (χ0) is 16.7. The number of hydrogen-bond acceptors (Lipinski definition) is 6. The molecule has 1 aromatic heterocycles. The number of ether oxygens (including phenoxy) is 2. The Labute approximate surface area is 134 Å². The second-order valence-electron chi connectivity index (χ2n) is 4.68. The average Bonchev–Trinajstić information content (AvgIpc) is 2.49. The highest BCUT2D eigenvalue weighted by molar-refractivity contribution is 5.81. The van der Waals surface area contributed by atoms with Crippen molar-refractivity contribution in [2.75, 3.05) is 18.6 Å². The summed E-state index contributed by atoms with van der Waals surface area (Å²) in [5.74, 6) is 1.66. The van der Waals surface area contributed by atoms with Crippen LogP contribution in [0.5, 0.6) is 11.5 Å². The van der Waals surface area contributed by atoms with E-state index in [1.807, 2.05) is 32.0 Å². The smallest absolute Gasteiger partial charge is 0.252 e. The van der Waals surface area contributed by atoms with Crippen LogP contribution in [0.4, 0.5) is 5.95 Å². The lowest BCUT2D eigenvalue weighted by molar-refractivity contribution is 0.288. The number of nitrogens with one attached hydrogen (secondary N) is 2. The number of aromatic nitrogens is 2. The van der Waals surface area contributed by atoms with E-state index in [0.29, 0.717) is 36.4 Å².